The number of anilines is 2. The Morgan fingerprint density at radius 2 is 1.16 bits per heavy atom. The quantitative estimate of drug-likeness (QED) is 0.0858. The molecule has 0 aliphatic heterocycles. The number of hydrogen-bond acceptors (Lipinski definition) is 13. The predicted molar refractivity (Wildman–Crippen MR) is 184 cm³/mol. The zero-order valence-corrected chi connectivity index (χ0v) is 28.3. The molecule has 262 valence electrons. The van der Waals surface area contributed by atoms with Crippen molar-refractivity contribution in [2.45, 2.75) is 65.5 Å². The summed E-state index contributed by atoms with van der Waals surface area (Å²) >= 11 is 0. The molecule has 13 heteroatoms. The monoisotopic (exact) mass is 676 g/mol. The lowest BCUT2D eigenvalue weighted by molar-refractivity contribution is -0.0123. The van der Waals surface area contributed by atoms with Gasteiger partial charge in [0.05, 0.1) is 36.5 Å². The van der Waals surface area contributed by atoms with Crippen LogP contribution in [0.1, 0.15) is 51.4 Å². The molecule has 1 heterocycles. The van der Waals surface area contributed by atoms with Crippen LogP contribution in [0.15, 0.2) is 60.7 Å². The minimum absolute atomic E-state index is 0.0129. The molecule has 1 aromatic heterocycles. The van der Waals surface area contributed by atoms with Crippen LogP contribution in [0.5, 0.6) is 23.0 Å². The zero-order chi connectivity index (χ0) is 35.5. The molecule has 0 fully saturated rings. The first-order valence-electron chi connectivity index (χ1n) is 16.1. The molecule has 0 saturated heterocycles. The highest BCUT2D eigenvalue weighted by Crippen LogP contribution is 2.35. The molecule has 0 aliphatic carbocycles. The van der Waals surface area contributed by atoms with Crippen LogP contribution in [0.4, 0.5) is 11.6 Å². The molecule has 4 rings (SSSR count). The maximum Gasteiger partial charge on any atom is 0.231 e. The van der Waals surface area contributed by atoms with Crippen molar-refractivity contribution in [3.63, 3.8) is 0 Å². The summed E-state index contributed by atoms with van der Waals surface area (Å²) in [5.41, 5.74) is 1.67. The number of Topliss-reactive ketones (excluding diaryl/α,β-unsaturated/α-hetero) is 1. The number of phenolic OH excluding ortho intramolecular Hbond substituents is 2. The van der Waals surface area contributed by atoms with E-state index in [0.29, 0.717) is 29.2 Å². The summed E-state index contributed by atoms with van der Waals surface area (Å²) in [6.45, 7) is 9.41. The summed E-state index contributed by atoms with van der Waals surface area (Å²) in [4.78, 5) is 25.7. The predicted octanol–water partition coefficient (Wildman–Crippen LogP) is 5.28. The van der Waals surface area contributed by atoms with Gasteiger partial charge in [-0.15, -0.1) is 0 Å². The number of nitrogens with zero attached hydrogens (tertiary/aromatic N) is 3. The summed E-state index contributed by atoms with van der Waals surface area (Å²) in [5, 5.41) is 45.3. The number of ketones is 1. The van der Waals surface area contributed by atoms with Crippen LogP contribution < -0.4 is 14.8 Å². The number of aromatic nitrogens is 3. The number of ether oxygens (including phenoxy) is 4. The molecule has 49 heavy (non-hydrogen) atoms. The van der Waals surface area contributed by atoms with Crippen LogP contribution in [0.3, 0.4) is 0 Å². The second-order valence-electron chi connectivity index (χ2n) is 11.8. The first-order valence-corrected chi connectivity index (χ1v) is 16.1. The molecule has 3 aromatic carbocycles. The van der Waals surface area contributed by atoms with Crippen molar-refractivity contribution in [1.29, 1.82) is 0 Å². The maximum atomic E-state index is 12.1. The Kier molecular flexibility index (Phi) is 13.2. The average molecular weight is 677 g/mol. The van der Waals surface area contributed by atoms with Crippen molar-refractivity contribution >= 4 is 17.4 Å². The minimum atomic E-state index is -0.855. The van der Waals surface area contributed by atoms with Gasteiger partial charge in [0.25, 0.3) is 0 Å². The van der Waals surface area contributed by atoms with E-state index in [-0.39, 0.29) is 84.6 Å². The molecule has 0 spiro atoms. The Bertz CT molecular complexity index is 1590. The van der Waals surface area contributed by atoms with Crippen molar-refractivity contribution in [2.75, 3.05) is 31.7 Å². The summed E-state index contributed by atoms with van der Waals surface area (Å²) in [6.07, 6.45) is -1.39. The number of benzene rings is 3. The van der Waals surface area contributed by atoms with E-state index >= 15 is 0 Å². The van der Waals surface area contributed by atoms with Crippen molar-refractivity contribution in [2.24, 2.45) is 0 Å². The molecule has 0 bridgehead atoms. The Morgan fingerprint density at radius 3 is 1.57 bits per heavy atom. The Hall–Kier alpha value is -4.82. The lowest BCUT2D eigenvalue weighted by atomic mass is 10.1. The average Bonchev–Trinajstić information content (AvgIpc) is 3.07. The molecule has 0 aliphatic rings. The number of carbonyl (C=O) groups is 1. The molecule has 0 saturated carbocycles. The number of aliphatic hydroxyl groups is 2. The third kappa shape index (κ3) is 11.1. The van der Waals surface area contributed by atoms with Crippen LogP contribution in [-0.2, 0) is 9.47 Å². The Balaban J connectivity index is 1.62. The summed E-state index contributed by atoms with van der Waals surface area (Å²) < 4.78 is 22.1. The molecular weight excluding hydrogens is 632 g/mol. The zero-order valence-electron chi connectivity index (χ0n) is 28.3. The van der Waals surface area contributed by atoms with E-state index in [1.165, 1.54) is 12.1 Å². The number of phenols is 2. The molecule has 0 radical (unpaired) electrons. The lowest BCUT2D eigenvalue weighted by Crippen LogP contribution is -2.25. The van der Waals surface area contributed by atoms with E-state index in [0.717, 1.165) is 0 Å². The van der Waals surface area contributed by atoms with Gasteiger partial charge in [0.2, 0.25) is 5.95 Å². The molecule has 5 N–H and O–H groups in total. The number of rotatable bonds is 18. The normalized spacial score (nSPS) is 12.6. The third-order valence-electron chi connectivity index (χ3n) is 6.97. The molecule has 4 aromatic rings. The molecule has 2 atom stereocenters. The van der Waals surface area contributed by atoms with E-state index < -0.39 is 12.2 Å². The largest absolute Gasteiger partial charge is 0.507 e. The standard InChI is InChI=1S/C36H44N4O9/c1-6-31(43)23-7-9-24(10-8-23)37-36-39-34(29-13-11-27(15-32(29)44)48-19-25(41)17-46-21(2)3)38-35(40-36)30-14-12-28(16-33(30)45)49-20-26(42)18-47-22(4)5/h7-16,21-22,25-26,41-42,44-45H,6,17-20H2,1-5H3,(H,37,38,39,40). The Morgan fingerprint density at radius 1 is 0.694 bits per heavy atom. The van der Waals surface area contributed by atoms with Gasteiger partial charge in [-0.2, -0.15) is 9.97 Å². The van der Waals surface area contributed by atoms with Gasteiger partial charge in [-0.25, -0.2) is 4.98 Å². The van der Waals surface area contributed by atoms with E-state index in [9.17, 15) is 25.2 Å². The topological polar surface area (TPSA) is 186 Å². The van der Waals surface area contributed by atoms with Gasteiger partial charge >= 0.3 is 0 Å². The molecule has 2 unspecified atom stereocenters. The van der Waals surface area contributed by atoms with Gasteiger partial charge < -0.3 is 44.7 Å². The molecular formula is C36H44N4O9. The van der Waals surface area contributed by atoms with Crippen LogP contribution in [0.2, 0.25) is 0 Å². The Labute approximate surface area is 285 Å². The number of hydrogen-bond donors (Lipinski definition) is 5. The van der Waals surface area contributed by atoms with Crippen molar-refractivity contribution in [3.05, 3.63) is 66.2 Å². The van der Waals surface area contributed by atoms with E-state index in [4.69, 9.17) is 18.9 Å². The number of aliphatic hydroxyl groups excluding tert-OH is 2. The maximum absolute atomic E-state index is 12.1. The van der Waals surface area contributed by atoms with Crippen molar-refractivity contribution in [3.8, 4) is 45.8 Å². The fraction of sp³-hybridized carbons (Fsp3) is 0.389. The first kappa shape index (κ1) is 37.0. The first-order chi connectivity index (χ1) is 23.4. The van der Waals surface area contributed by atoms with E-state index in [2.05, 4.69) is 20.3 Å². The van der Waals surface area contributed by atoms with Crippen molar-refractivity contribution < 1.29 is 44.2 Å². The van der Waals surface area contributed by atoms with Crippen LogP contribution in [0, 0.1) is 0 Å². The lowest BCUT2D eigenvalue weighted by Gasteiger charge is -2.16. The fourth-order valence-corrected chi connectivity index (χ4v) is 4.41. The highest BCUT2D eigenvalue weighted by Gasteiger charge is 2.18. The second-order valence-corrected chi connectivity index (χ2v) is 11.8. The smallest absolute Gasteiger partial charge is 0.231 e. The molecule has 13 nitrogen and oxygen atoms in total. The fourth-order valence-electron chi connectivity index (χ4n) is 4.41. The summed E-state index contributed by atoms with van der Waals surface area (Å²) in [7, 11) is 0. The minimum Gasteiger partial charge on any atom is -0.507 e. The van der Waals surface area contributed by atoms with Gasteiger partial charge in [-0.3, -0.25) is 4.79 Å². The highest BCUT2D eigenvalue weighted by atomic mass is 16.5. The van der Waals surface area contributed by atoms with Crippen LogP contribution in [0.25, 0.3) is 22.8 Å². The van der Waals surface area contributed by atoms with Gasteiger partial charge in [0.15, 0.2) is 17.4 Å². The highest BCUT2D eigenvalue weighted by molar-refractivity contribution is 5.96. The van der Waals surface area contributed by atoms with Gasteiger partial charge in [0.1, 0.15) is 48.4 Å². The molecule has 0 amide bonds. The van der Waals surface area contributed by atoms with Gasteiger partial charge in [0, 0.05) is 29.8 Å². The van der Waals surface area contributed by atoms with Gasteiger partial charge in [-0.05, 0) is 76.2 Å². The second kappa shape index (κ2) is 17.5. The summed E-state index contributed by atoms with van der Waals surface area (Å²) in [5.74, 6) is 0.546. The van der Waals surface area contributed by atoms with Gasteiger partial charge in [-0.1, -0.05) is 6.92 Å². The van der Waals surface area contributed by atoms with Crippen molar-refractivity contribution in [1.82, 2.24) is 15.0 Å². The third-order valence-corrected chi connectivity index (χ3v) is 6.97. The number of aromatic hydroxyl groups is 2. The van der Waals surface area contributed by atoms with E-state index in [1.807, 2.05) is 27.7 Å². The SMILES string of the molecule is CCC(=O)c1ccc(Nc2nc(-c3ccc(OCC(O)COC(C)C)cc3O)nc(-c3ccc(OCC(O)COC(C)C)cc3O)n2)cc1. The number of nitrogens with one attached hydrogen (secondary N) is 1. The summed E-state index contributed by atoms with van der Waals surface area (Å²) in [6, 6.07) is 16.0. The van der Waals surface area contributed by atoms with Crippen LogP contribution in [-0.4, -0.2) is 92.0 Å². The number of carbonyl (C=O) groups excluding carboxylic acids is 1. The van der Waals surface area contributed by atoms with Crippen LogP contribution >= 0.6 is 0 Å². The van der Waals surface area contributed by atoms with E-state index in [1.54, 1.807) is 55.5 Å².